The molecule has 0 aliphatic heterocycles. The largest absolute Gasteiger partial charge is 0.442 e. The number of esters is 1. The third-order valence-electron chi connectivity index (χ3n) is 5.38. The Hall–Kier alpha value is -2.84. The van der Waals surface area contributed by atoms with Gasteiger partial charge in [0.1, 0.15) is 6.07 Å². The summed E-state index contributed by atoms with van der Waals surface area (Å²) in [5.41, 5.74) is 2.16. The van der Waals surface area contributed by atoms with E-state index in [0.29, 0.717) is 12.2 Å². The second kappa shape index (κ2) is 9.11. The number of nitrogens with one attached hydrogen (secondary N) is 1. The van der Waals surface area contributed by atoms with Gasteiger partial charge in [-0.15, -0.1) is 0 Å². The fourth-order valence-corrected chi connectivity index (χ4v) is 3.51. The van der Waals surface area contributed by atoms with Gasteiger partial charge in [-0.05, 0) is 30.7 Å². The van der Waals surface area contributed by atoms with Gasteiger partial charge in [0.15, 0.2) is 0 Å². The first kappa shape index (κ1) is 20.9. The van der Waals surface area contributed by atoms with Crippen LogP contribution >= 0.6 is 0 Å². The first-order valence-corrected chi connectivity index (χ1v) is 10.1. The highest BCUT2D eigenvalue weighted by molar-refractivity contribution is 5.79. The van der Waals surface area contributed by atoms with E-state index in [9.17, 15) is 10.1 Å². The van der Waals surface area contributed by atoms with E-state index in [1.165, 1.54) is 0 Å². The van der Waals surface area contributed by atoms with E-state index in [1.54, 1.807) is 6.07 Å². The number of unbranched alkanes of at least 4 members (excludes halogenated alkanes) is 1. The van der Waals surface area contributed by atoms with Crippen molar-refractivity contribution < 1.29 is 14.3 Å². The van der Waals surface area contributed by atoms with Gasteiger partial charge < -0.3 is 14.8 Å². The molecule has 2 aromatic rings. The van der Waals surface area contributed by atoms with Crippen LogP contribution in [-0.4, -0.2) is 18.7 Å². The Morgan fingerprint density at radius 3 is 2.59 bits per heavy atom. The second-order valence-electron chi connectivity index (χ2n) is 8.01. The van der Waals surface area contributed by atoms with Gasteiger partial charge in [-0.2, -0.15) is 5.26 Å². The third-order valence-corrected chi connectivity index (χ3v) is 5.38. The molecule has 3 rings (SSSR count). The van der Waals surface area contributed by atoms with Crippen LogP contribution in [0.3, 0.4) is 0 Å². The van der Waals surface area contributed by atoms with E-state index in [2.05, 4.69) is 18.3 Å². The molecule has 2 aromatic carbocycles. The van der Waals surface area contributed by atoms with Gasteiger partial charge in [-0.1, -0.05) is 57.5 Å². The van der Waals surface area contributed by atoms with E-state index in [4.69, 9.17) is 9.47 Å². The number of rotatable bonds is 9. The van der Waals surface area contributed by atoms with Crippen molar-refractivity contribution in [1.82, 2.24) is 0 Å². The summed E-state index contributed by atoms with van der Waals surface area (Å²) in [5.74, 6) is -0.703. The summed E-state index contributed by atoms with van der Waals surface area (Å²) in [6.45, 7) is 6.75. The lowest BCUT2D eigenvalue weighted by atomic mass is 10.1. The average Bonchev–Trinajstić information content (AvgIpc) is 3.27. The highest BCUT2D eigenvalue weighted by Crippen LogP contribution is 2.55. The molecule has 1 aliphatic carbocycles. The lowest BCUT2D eigenvalue weighted by molar-refractivity contribution is -0.150. The Balaban J connectivity index is 1.65. The fraction of sp³-hybridized carbons (Fsp3) is 0.417. The zero-order valence-electron chi connectivity index (χ0n) is 17.2. The standard InChI is InChI=1S/C24H28N2O3/c1-4-5-14-28-22-21(24(22,2)3)23(27)29-20(16-25)17-10-9-13-19(15-17)26-18-11-7-6-8-12-18/h6-13,15,20-22,26H,4-5,14H2,1-3H3. The Bertz CT molecular complexity index is 873. The molecule has 5 heteroatoms. The van der Waals surface area contributed by atoms with Crippen LogP contribution in [0, 0.1) is 22.7 Å². The zero-order valence-corrected chi connectivity index (χ0v) is 17.2. The van der Waals surface area contributed by atoms with E-state index >= 15 is 0 Å². The SMILES string of the molecule is CCCCOC1C(C(=O)OC(C#N)c2cccc(Nc3ccccc3)c2)C1(C)C. The Kier molecular flexibility index (Phi) is 6.56. The maximum Gasteiger partial charge on any atom is 0.313 e. The summed E-state index contributed by atoms with van der Waals surface area (Å²) < 4.78 is 11.4. The zero-order chi connectivity index (χ0) is 20.9. The van der Waals surface area contributed by atoms with Crippen LogP contribution in [0.1, 0.15) is 45.3 Å². The number of ether oxygens (including phenoxy) is 2. The van der Waals surface area contributed by atoms with Crippen LogP contribution in [-0.2, 0) is 14.3 Å². The minimum Gasteiger partial charge on any atom is -0.442 e. The first-order chi connectivity index (χ1) is 14.0. The monoisotopic (exact) mass is 392 g/mol. The molecule has 152 valence electrons. The summed E-state index contributed by atoms with van der Waals surface area (Å²) in [4.78, 5) is 12.7. The molecule has 3 atom stereocenters. The predicted octanol–water partition coefficient (Wildman–Crippen LogP) is 5.38. The molecule has 0 radical (unpaired) electrons. The molecule has 0 amide bonds. The normalized spacial score (nSPS) is 20.3. The third kappa shape index (κ3) is 4.96. The van der Waals surface area contributed by atoms with Crippen LogP contribution in [0.4, 0.5) is 11.4 Å². The Morgan fingerprint density at radius 1 is 1.17 bits per heavy atom. The summed E-state index contributed by atoms with van der Waals surface area (Å²) >= 11 is 0. The number of carbonyl (C=O) groups excluding carboxylic acids is 1. The van der Waals surface area contributed by atoms with Crippen molar-refractivity contribution in [3.8, 4) is 6.07 Å². The topological polar surface area (TPSA) is 71.3 Å². The molecule has 0 bridgehead atoms. The van der Waals surface area contributed by atoms with Crippen molar-refractivity contribution in [2.45, 2.75) is 45.8 Å². The summed E-state index contributed by atoms with van der Waals surface area (Å²) in [7, 11) is 0. The number of nitrogens with zero attached hydrogens (tertiary/aromatic N) is 1. The minimum absolute atomic E-state index is 0.146. The highest BCUT2D eigenvalue weighted by Gasteiger charge is 2.64. The molecule has 0 saturated heterocycles. The number of carbonyl (C=O) groups is 1. The molecular weight excluding hydrogens is 364 g/mol. The maximum absolute atomic E-state index is 12.7. The second-order valence-corrected chi connectivity index (χ2v) is 8.01. The first-order valence-electron chi connectivity index (χ1n) is 10.1. The molecule has 29 heavy (non-hydrogen) atoms. The van der Waals surface area contributed by atoms with Crippen molar-refractivity contribution in [3.63, 3.8) is 0 Å². The number of benzene rings is 2. The minimum atomic E-state index is -0.951. The van der Waals surface area contributed by atoms with E-state index in [-0.39, 0.29) is 23.4 Å². The number of para-hydroxylation sites is 1. The van der Waals surface area contributed by atoms with Crippen molar-refractivity contribution in [3.05, 3.63) is 60.2 Å². The Morgan fingerprint density at radius 2 is 1.90 bits per heavy atom. The van der Waals surface area contributed by atoms with Gasteiger partial charge in [-0.25, -0.2) is 0 Å². The van der Waals surface area contributed by atoms with Gasteiger partial charge in [0.25, 0.3) is 0 Å². The molecular formula is C24H28N2O3. The Labute approximate surface area is 172 Å². The van der Waals surface area contributed by atoms with E-state index in [0.717, 1.165) is 24.2 Å². The lowest BCUT2D eigenvalue weighted by Crippen LogP contribution is -2.15. The number of anilines is 2. The van der Waals surface area contributed by atoms with E-state index in [1.807, 2.05) is 62.4 Å². The number of nitriles is 1. The molecule has 1 N–H and O–H groups in total. The highest BCUT2D eigenvalue weighted by atomic mass is 16.6. The van der Waals surface area contributed by atoms with Crippen molar-refractivity contribution in [2.24, 2.45) is 11.3 Å². The number of hydrogen-bond acceptors (Lipinski definition) is 5. The van der Waals surface area contributed by atoms with Gasteiger partial charge in [0.05, 0.1) is 12.0 Å². The summed E-state index contributed by atoms with van der Waals surface area (Å²) in [6.07, 6.45) is 0.919. The molecule has 1 saturated carbocycles. The van der Waals surface area contributed by atoms with Crippen LogP contribution in [0.15, 0.2) is 54.6 Å². The van der Waals surface area contributed by atoms with Crippen LogP contribution < -0.4 is 5.32 Å². The molecule has 5 nitrogen and oxygen atoms in total. The predicted molar refractivity (Wildman–Crippen MR) is 113 cm³/mol. The molecule has 0 spiro atoms. The van der Waals surface area contributed by atoms with Crippen LogP contribution in [0.25, 0.3) is 0 Å². The van der Waals surface area contributed by atoms with Crippen molar-refractivity contribution >= 4 is 17.3 Å². The van der Waals surface area contributed by atoms with Crippen molar-refractivity contribution in [1.29, 1.82) is 5.26 Å². The molecule has 0 heterocycles. The summed E-state index contributed by atoms with van der Waals surface area (Å²) in [5, 5.41) is 12.9. The molecule has 1 fully saturated rings. The van der Waals surface area contributed by atoms with Gasteiger partial charge in [-0.3, -0.25) is 4.79 Å². The quantitative estimate of drug-likeness (QED) is 0.458. The smallest absolute Gasteiger partial charge is 0.313 e. The van der Waals surface area contributed by atoms with Crippen molar-refractivity contribution in [2.75, 3.05) is 11.9 Å². The van der Waals surface area contributed by atoms with E-state index < -0.39 is 6.10 Å². The maximum atomic E-state index is 12.7. The summed E-state index contributed by atoms with van der Waals surface area (Å²) in [6, 6.07) is 19.3. The molecule has 3 unspecified atom stereocenters. The fourth-order valence-electron chi connectivity index (χ4n) is 3.51. The average molecular weight is 392 g/mol. The van der Waals surface area contributed by atoms with Gasteiger partial charge in [0.2, 0.25) is 6.10 Å². The van der Waals surface area contributed by atoms with Gasteiger partial charge >= 0.3 is 5.97 Å². The van der Waals surface area contributed by atoms with Gasteiger partial charge in [0, 0.05) is 29.0 Å². The lowest BCUT2D eigenvalue weighted by Gasteiger charge is -2.14. The van der Waals surface area contributed by atoms with Crippen LogP contribution in [0.2, 0.25) is 0 Å². The molecule has 0 aromatic heterocycles. The number of hydrogen-bond donors (Lipinski definition) is 1. The molecule has 1 aliphatic rings. The van der Waals surface area contributed by atoms with Crippen LogP contribution in [0.5, 0.6) is 0 Å².